The second-order valence-corrected chi connectivity index (χ2v) is 8.57. The highest BCUT2D eigenvalue weighted by molar-refractivity contribution is 7.91. The molecule has 0 bridgehead atoms. The Kier molecular flexibility index (Phi) is 4.74. The summed E-state index contributed by atoms with van der Waals surface area (Å²) in [7, 11) is -3.64. The molecule has 140 valence electrons. The molecule has 6 heteroatoms. The molecule has 0 spiro atoms. The lowest BCUT2D eigenvalue weighted by molar-refractivity contribution is -0.347. The number of hydrogen-bond donors (Lipinski definition) is 0. The largest absolute Gasteiger partial charge is 0.494 e. The summed E-state index contributed by atoms with van der Waals surface area (Å²) in [4.78, 5) is 5.97. The number of benzene rings is 2. The molecule has 2 heterocycles. The van der Waals surface area contributed by atoms with Crippen LogP contribution in [0.2, 0.25) is 0 Å². The fourth-order valence-electron chi connectivity index (χ4n) is 3.64. The molecule has 4 rings (SSSR count). The summed E-state index contributed by atoms with van der Waals surface area (Å²) in [5.74, 6) is 0.744. The predicted molar refractivity (Wildman–Crippen MR) is 105 cm³/mol. The summed E-state index contributed by atoms with van der Waals surface area (Å²) >= 11 is 0. The van der Waals surface area contributed by atoms with Crippen molar-refractivity contribution < 1.29 is 18.1 Å². The first-order valence-electron chi connectivity index (χ1n) is 9.27. The van der Waals surface area contributed by atoms with Gasteiger partial charge in [0.15, 0.2) is 11.1 Å². The van der Waals surface area contributed by atoms with Gasteiger partial charge in [-0.05, 0) is 44.0 Å². The van der Waals surface area contributed by atoms with E-state index < -0.39 is 9.84 Å². The molecule has 1 N–H and O–H groups in total. The highest BCUT2D eigenvalue weighted by Gasteiger charge is 2.30. The summed E-state index contributed by atoms with van der Waals surface area (Å²) in [6.07, 6.45) is 3.75. The average Bonchev–Trinajstić information content (AvgIpc) is 3.22. The van der Waals surface area contributed by atoms with Crippen molar-refractivity contribution in [1.82, 2.24) is 0 Å². The van der Waals surface area contributed by atoms with Crippen LogP contribution in [-0.4, -0.2) is 28.1 Å². The van der Waals surface area contributed by atoms with Crippen LogP contribution < -0.4 is 14.6 Å². The van der Waals surface area contributed by atoms with Crippen LogP contribution in [0.15, 0.2) is 64.5 Å². The second-order valence-electron chi connectivity index (χ2n) is 6.65. The molecule has 27 heavy (non-hydrogen) atoms. The molecule has 2 aromatic carbocycles. The van der Waals surface area contributed by atoms with E-state index in [0.29, 0.717) is 16.4 Å². The molecule has 0 unspecified atom stereocenters. The van der Waals surface area contributed by atoms with Gasteiger partial charge in [0.1, 0.15) is 5.75 Å². The van der Waals surface area contributed by atoms with Crippen molar-refractivity contribution >= 4 is 26.4 Å². The summed E-state index contributed by atoms with van der Waals surface area (Å²) in [6, 6.07) is 14.4. The first-order valence-corrected chi connectivity index (χ1v) is 10.8. The number of rotatable bonds is 5. The maximum atomic E-state index is 13.4. The van der Waals surface area contributed by atoms with Gasteiger partial charge in [0.2, 0.25) is 15.4 Å². The van der Waals surface area contributed by atoms with E-state index in [9.17, 15) is 8.42 Å². The lowest BCUT2D eigenvalue weighted by Crippen LogP contribution is -2.23. The maximum Gasteiger partial charge on any atom is 0.214 e. The van der Waals surface area contributed by atoms with Crippen LogP contribution in [-0.2, 0) is 9.84 Å². The van der Waals surface area contributed by atoms with Crippen molar-refractivity contribution in [3.05, 3.63) is 54.7 Å². The molecule has 0 radical (unpaired) electrons. The van der Waals surface area contributed by atoms with Gasteiger partial charge in [0.05, 0.1) is 22.6 Å². The quantitative estimate of drug-likeness (QED) is 0.677. The van der Waals surface area contributed by atoms with Crippen molar-refractivity contribution in [2.75, 3.05) is 24.6 Å². The van der Waals surface area contributed by atoms with E-state index >= 15 is 0 Å². The van der Waals surface area contributed by atoms with Crippen LogP contribution >= 0.6 is 0 Å². The summed E-state index contributed by atoms with van der Waals surface area (Å²) < 4.78 is 32.4. The Morgan fingerprint density at radius 1 is 1.07 bits per heavy atom. The van der Waals surface area contributed by atoms with Gasteiger partial charge in [-0.25, -0.2) is 13.4 Å². The van der Waals surface area contributed by atoms with E-state index in [1.54, 1.807) is 30.5 Å². The minimum atomic E-state index is -3.64. The van der Waals surface area contributed by atoms with Crippen LogP contribution in [0.3, 0.4) is 0 Å². The highest BCUT2D eigenvalue weighted by Crippen LogP contribution is 2.37. The van der Waals surface area contributed by atoms with Crippen molar-refractivity contribution in [2.24, 2.45) is 0 Å². The van der Waals surface area contributed by atoms with Gasteiger partial charge in [-0.3, -0.25) is 0 Å². The number of nitrogens with one attached hydrogen (secondary N) is 1. The Labute approximate surface area is 159 Å². The summed E-state index contributed by atoms with van der Waals surface area (Å²) in [6.45, 7) is 4.22. The van der Waals surface area contributed by atoms with Gasteiger partial charge in [-0.15, -0.1) is 0 Å². The van der Waals surface area contributed by atoms with E-state index in [0.717, 1.165) is 48.3 Å². The zero-order valence-electron chi connectivity index (χ0n) is 15.3. The fourth-order valence-corrected chi connectivity index (χ4v) is 5.12. The van der Waals surface area contributed by atoms with Crippen molar-refractivity contribution in [3.63, 3.8) is 0 Å². The van der Waals surface area contributed by atoms with E-state index in [4.69, 9.17) is 4.74 Å². The molecule has 1 aliphatic rings. The molecule has 0 atom stereocenters. The number of aromatic amines is 1. The van der Waals surface area contributed by atoms with Crippen LogP contribution in [0.25, 0.3) is 10.9 Å². The van der Waals surface area contributed by atoms with Crippen LogP contribution in [0.1, 0.15) is 19.8 Å². The second kappa shape index (κ2) is 7.19. The Morgan fingerprint density at radius 2 is 1.81 bits per heavy atom. The number of anilines is 1. The fraction of sp³-hybridized carbons (Fsp3) is 0.286. The Morgan fingerprint density at radius 3 is 2.52 bits per heavy atom. The lowest BCUT2D eigenvalue weighted by Gasteiger charge is -2.21. The lowest BCUT2D eigenvalue weighted by atomic mass is 10.1. The SMILES string of the molecule is CCOc1ccc2[nH+]cc(S(=O)(=O)c3ccccc3)c(N3CCCC3)c2c1. The average molecular weight is 383 g/mol. The Bertz CT molecular complexity index is 1060. The smallest absolute Gasteiger partial charge is 0.214 e. The Hall–Kier alpha value is -2.60. The summed E-state index contributed by atoms with van der Waals surface area (Å²) in [5.41, 5.74) is 1.67. The van der Waals surface area contributed by atoms with Gasteiger partial charge in [-0.2, -0.15) is 0 Å². The van der Waals surface area contributed by atoms with E-state index in [1.807, 2.05) is 31.2 Å². The van der Waals surface area contributed by atoms with Gasteiger partial charge in [0.25, 0.3) is 0 Å². The molecule has 1 saturated heterocycles. The third-order valence-electron chi connectivity index (χ3n) is 4.91. The number of ether oxygens (including phenoxy) is 1. The van der Waals surface area contributed by atoms with E-state index in [1.165, 1.54) is 0 Å². The summed E-state index contributed by atoms with van der Waals surface area (Å²) in [5, 5.41) is 0.875. The first-order chi connectivity index (χ1) is 13.1. The van der Waals surface area contributed by atoms with Gasteiger partial charge in [0, 0.05) is 19.2 Å². The minimum absolute atomic E-state index is 0.305. The number of aromatic nitrogens is 1. The van der Waals surface area contributed by atoms with Crippen LogP contribution in [0.4, 0.5) is 5.69 Å². The molecule has 1 fully saturated rings. The number of nitrogens with zero attached hydrogens (tertiary/aromatic N) is 1. The van der Waals surface area contributed by atoms with E-state index in [-0.39, 0.29) is 0 Å². The normalized spacial score (nSPS) is 14.6. The van der Waals surface area contributed by atoms with Crippen molar-refractivity contribution in [1.29, 1.82) is 0 Å². The molecular formula is C21H23N2O3S+. The van der Waals surface area contributed by atoms with Crippen LogP contribution in [0.5, 0.6) is 5.75 Å². The molecule has 0 saturated carbocycles. The Balaban J connectivity index is 1.98. The molecule has 1 aromatic heterocycles. The number of fused-ring (bicyclic) bond motifs is 1. The molecule has 3 aromatic rings. The molecule has 0 aliphatic carbocycles. The standard InChI is InChI=1S/C21H22N2O3S/c1-2-26-16-10-11-19-18(14-16)21(23-12-6-7-13-23)20(15-22-19)27(24,25)17-8-4-3-5-9-17/h3-5,8-11,14-15H,2,6-7,12-13H2,1H3/p+1. The minimum Gasteiger partial charge on any atom is -0.494 e. The molecule has 1 aliphatic heterocycles. The third kappa shape index (κ3) is 3.25. The van der Waals surface area contributed by atoms with E-state index in [2.05, 4.69) is 9.88 Å². The number of H-pyrrole nitrogens is 1. The molecule has 0 amide bonds. The maximum absolute atomic E-state index is 13.4. The number of hydrogen-bond acceptors (Lipinski definition) is 4. The van der Waals surface area contributed by atoms with Gasteiger partial charge >= 0.3 is 0 Å². The first kappa shape index (κ1) is 17.8. The van der Waals surface area contributed by atoms with Crippen molar-refractivity contribution in [3.8, 4) is 5.75 Å². The van der Waals surface area contributed by atoms with Gasteiger partial charge < -0.3 is 9.64 Å². The topological polar surface area (TPSA) is 60.8 Å². The zero-order chi connectivity index (χ0) is 18.9. The van der Waals surface area contributed by atoms with Crippen LogP contribution in [0, 0.1) is 0 Å². The molecular weight excluding hydrogens is 360 g/mol. The molecule has 5 nitrogen and oxygen atoms in total. The van der Waals surface area contributed by atoms with Crippen molar-refractivity contribution in [2.45, 2.75) is 29.6 Å². The van der Waals surface area contributed by atoms with Gasteiger partial charge in [-0.1, -0.05) is 18.2 Å². The third-order valence-corrected chi connectivity index (χ3v) is 6.70. The monoisotopic (exact) mass is 383 g/mol. The number of sulfone groups is 1. The highest BCUT2D eigenvalue weighted by atomic mass is 32.2. The zero-order valence-corrected chi connectivity index (χ0v) is 16.1. The predicted octanol–water partition coefficient (Wildman–Crippen LogP) is 3.49. The number of pyridine rings is 1.